The van der Waals surface area contributed by atoms with Crippen molar-refractivity contribution in [2.75, 3.05) is 26.4 Å². The zero-order chi connectivity index (χ0) is 38.2. The fourth-order valence-corrected chi connectivity index (χ4v) is 6.11. The van der Waals surface area contributed by atoms with Gasteiger partial charge in [-0.3, -0.25) is 18.6 Å². The van der Waals surface area contributed by atoms with Gasteiger partial charge >= 0.3 is 19.8 Å². The molecule has 0 aliphatic rings. The van der Waals surface area contributed by atoms with Gasteiger partial charge < -0.3 is 20.1 Å². The first-order chi connectivity index (χ1) is 25.3. The Labute approximate surface area is 317 Å². The van der Waals surface area contributed by atoms with Crippen LogP contribution in [0.4, 0.5) is 0 Å². The van der Waals surface area contributed by atoms with Gasteiger partial charge in [0.05, 0.1) is 13.2 Å². The number of phosphoric ester groups is 1. The fourth-order valence-electron chi connectivity index (χ4n) is 5.34. The first-order valence-electron chi connectivity index (χ1n) is 20.6. The Bertz CT molecular complexity index is 996. The van der Waals surface area contributed by atoms with E-state index in [4.69, 9.17) is 24.3 Å². The molecule has 0 aliphatic carbocycles. The summed E-state index contributed by atoms with van der Waals surface area (Å²) in [5.74, 6) is -0.866. The Kier molecular flexibility index (Phi) is 37.2. The maximum atomic E-state index is 12.5. The highest BCUT2D eigenvalue weighted by molar-refractivity contribution is 7.47. The summed E-state index contributed by atoms with van der Waals surface area (Å²) in [6, 6.07) is 0. The second-order valence-corrected chi connectivity index (χ2v) is 14.9. The van der Waals surface area contributed by atoms with E-state index in [1.807, 2.05) is 0 Å². The maximum absolute atomic E-state index is 12.5. The summed E-state index contributed by atoms with van der Waals surface area (Å²) in [5, 5.41) is 0. The highest BCUT2D eigenvalue weighted by atomic mass is 31.2. The molecular formula is C42H76NO8P. The minimum Gasteiger partial charge on any atom is -0.462 e. The zero-order valence-corrected chi connectivity index (χ0v) is 33.9. The topological polar surface area (TPSA) is 134 Å². The third-order valence-corrected chi connectivity index (χ3v) is 9.42. The monoisotopic (exact) mass is 754 g/mol. The smallest absolute Gasteiger partial charge is 0.462 e. The van der Waals surface area contributed by atoms with Crippen LogP contribution in [0.5, 0.6) is 0 Å². The van der Waals surface area contributed by atoms with Crippen molar-refractivity contribution in [3.05, 3.63) is 48.6 Å². The van der Waals surface area contributed by atoms with Gasteiger partial charge in [-0.25, -0.2) is 4.57 Å². The third kappa shape index (κ3) is 37.7. The molecule has 2 atom stereocenters. The van der Waals surface area contributed by atoms with Gasteiger partial charge in [0.15, 0.2) is 6.10 Å². The summed E-state index contributed by atoms with van der Waals surface area (Å²) in [5.41, 5.74) is 5.34. The van der Waals surface area contributed by atoms with Crippen LogP contribution >= 0.6 is 7.82 Å². The number of phosphoric acid groups is 1. The average molecular weight is 754 g/mol. The molecule has 3 N–H and O–H groups in total. The quantitative estimate of drug-likeness (QED) is 0.0273. The molecule has 0 fully saturated rings. The molecule has 1 unspecified atom stereocenters. The van der Waals surface area contributed by atoms with Crippen molar-refractivity contribution >= 4 is 19.8 Å². The van der Waals surface area contributed by atoms with Crippen LogP contribution in [0, 0.1) is 0 Å². The molecule has 0 rings (SSSR count). The van der Waals surface area contributed by atoms with Crippen molar-refractivity contribution in [3.63, 3.8) is 0 Å². The van der Waals surface area contributed by atoms with E-state index in [0.717, 1.165) is 70.6 Å². The molecule has 0 aromatic carbocycles. The number of unbranched alkanes of at least 4 members (excludes halogenated alkanes) is 17. The van der Waals surface area contributed by atoms with Crippen LogP contribution in [0.1, 0.15) is 174 Å². The number of hydrogen-bond acceptors (Lipinski definition) is 8. The van der Waals surface area contributed by atoms with Gasteiger partial charge in [-0.05, 0) is 77.0 Å². The molecule has 0 amide bonds. The fraction of sp³-hybridized carbons (Fsp3) is 0.762. The highest BCUT2D eigenvalue weighted by Gasteiger charge is 2.25. The van der Waals surface area contributed by atoms with E-state index in [1.54, 1.807) is 0 Å². The predicted octanol–water partition coefficient (Wildman–Crippen LogP) is 11.6. The van der Waals surface area contributed by atoms with Crippen molar-refractivity contribution in [2.45, 2.75) is 180 Å². The second kappa shape index (κ2) is 38.7. The predicted molar refractivity (Wildman–Crippen MR) is 215 cm³/mol. The summed E-state index contributed by atoms with van der Waals surface area (Å²) in [6.45, 7) is 3.65. The maximum Gasteiger partial charge on any atom is 0.472 e. The van der Waals surface area contributed by atoms with Crippen LogP contribution < -0.4 is 5.73 Å². The molecule has 0 spiro atoms. The molecule has 0 heterocycles. The van der Waals surface area contributed by atoms with E-state index in [9.17, 15) is 19.0 Å². The Morgan fingerprint density at radius 3 is 1.54 bits per heavy atom. The van der Waals surface area contributed by atoms with E-state index >= 15 is 0 Å². The normalized spacial score (nSPS) is 13.8. The second-order valence-electron chi connectivity index (χ2n) is 13.5. The Hall–Kier alpha value is -2.03. The first kappa shape index (κ1) is 50.0. The molecule has 52 heavy (non-hydrogen) atoms. The zero-order valence-electron chi connectivity index (χ0n) is 33.0. The van der Waals surface area contributed by atoms with E-state index < -0.39 is 32.5 Å². The van der Waals surface area contributed by atoms with Crippen LogP contribution in [-0.2, 0) is 32.7 Å². The van der Waals surface area contributed by atoms with Crippen LogP contribution in [0.2, 0.25) is 0 Å². The molecule has 0 aromatic heterocycles. The largest absolute Gasteiger partial charge is 0.472 e. The minimum atomic E-state index is -4.38. The lowest BCUT2D eigenvalue weighted by Crippen LogP contribution is -2.29. The average Bonchev–Trinajstić information content (AvgIpc) is 3.13. The van der Waals surface area contributed by atoms with Crippen molar-refractivity contribution in [1.82, 2.24) is 0 Å². The molecule has 0 aromatic rings. The molecule has 10 heteroatoms. The Balaban J connectivity index is 4.24. The van der Waals surface area contributed by atoms with Gasteiger partial charge in [0.1, 0.15) is 6.61 Å². The molecule has 0 aliphatic heterocycles. The van der Waals surface area contributed by atoms with Crippen molar-refractivity contribution in [2.24, 2.45) is 5.73 Å². The summed E-state index contributed by atoms with van der Waals surface area (Å²) >= 11 is 0. The summed E-state index contributed by atoms with van der Waals surface area (Å²) in [6.07, 6.45) is 42.8. The first-order valence-corrected chi connectivity index (χ1v) is 22.1. The molecule has 0 saturated heterocycles. The van der Waals surface area contributed by atoms with E-state index in [-0.39, 0.29) is 32.6 Å². The van der Waals surface area contributed by atoms with Crippen molar-refractivity contribution in [3.8, 4) is 0 Å². The van der Waals surface area contributed by atoms with Gasteiger partial charge in [-0.1, -0.05) is 133 Å². The van der Waals surface area contributed by atoms with E-state index in [2.05, 4.69) is 62.5 Å². The van der Waals surface area contributed by atoms with Crippen LogP contribution in [0.25, 0.3) is 0 Å². The highest BCUT2D eigenvalue weighted by Crippen LogP contribution is 2.43. The van der Waals surface area contributed by atoms with E-state index in [1.165, 1.54) is 64.2 Å². The molecule has 9 nitrogen and oxygen atoms in total. The Morgan fingerprint density at radius 2 is 1.00 bits per heavy atom. The van der Waals surface area contributed by atoms with Crippen LogP contribution in [-0.4, -0.2) is 49.3 Å². The lowest BCUT2D eigenvalue weighted by molar-refractivity contribution is -0.161. The number of carbonyl (C=O) groups excluding carboxylic acids is 2. The number of ether oxygens (including phenoxy) is 2. The number of hydrogen-bond donors (Lipinski definition) is 2. The van der Waals surface area contributed by atoms with Gasteiger partial charge in [-0.15, -0.1) is 0 Å². The van der Waals surface area contributed by atoms with Crippen LogP contribution in [0.3, 0.4) is 0 Å². The van der Waals surface area contributed by atoms with Gasteiger partial charge in [-0.2, -0.15) is 0 Å². The SMILES string of the molecule is CCCCC/C=C\C/C=C\C/C=C\CCCCCCC(=O)OC[C@H](COP(=O)(O)OCCN)OC(=O)CCCCCCC/C=C\CCCCCCC. The third-order valence-electron chi connectivity index (χ3n) is 8.44. The summed E-state index contributed by atoms with van der Waals surface area (Å²) < 4.78 is 32.7. The lowest BCUT2D eigenvalue weighted by atomic mass is 10.1. The van der Waals surface area contributed by atoms with E-state index in [0.29, 0.717) is 12.8 Å². The molecular weight excluding hydrogens is 677 g/mol. The number of rotatable bonds is 38. The standard InChI is InChI=1S/C42H76NO8P/c1-3-5-7-9-11-13-15-17-19-20-21-23-24-26-28-30-32-34-41(44)48-38-40(39-50-52(46,47)49-37-36-43)51-42(45)35-33-31-29-27-25-22-18-16-14-12-10-8-6-4-2/h11,13,16-19,21,23,40H,3-10,12,14-15,20,22,24-39,43H2,1-2H3,(H,46,47)/b13-11-,18-16-,19-17-,23-21-/t40-/m1/s1. The molecule has 302 valence electrons. The Morgan fingerprint density at radius 1 is 0.577 bits per heavy atom. The van der Waals surface area contributed by atoms with Crippen LogP contribution in [0.15, 0.2) is 48.6 Å². The number of nitrogens with two attached hydrogens (primary N) is 1. The lowest BCUT2D eigenvalue weighted by Gasteiger charge is -2.19. The number of allylic oxidation sites excluding steroid dienone is 8. The van der Waals surface area contributed by atoms with Gasteiger partial charge in [0, 0.05) is 19.4 Å². The summed E-state index contributed by atoms with van der Waals surface area (Å²) in [4.78, 5) is 34.8. The molecule has 0 bridgehead atoms. The number of esters is 2. The minimum absolute atomic E-state index is 0.0473. The van der Waals surface area contributed by atoms with Crippen molar-refractivity contribution in [1.29, 1.82) is 0 Å². The number of carbonyl (C=O) groups is 2. The van der Waals surface area contributed by atoms with Crippen molar-refractivity contribution < 1.29 is 37.6 Å². The molecule has 0 saturated carbocycles. The van der Waals surface area contributed by atoms with Gasteiger partial charge in [0.25, 0.3) is 0 Å². The summed E-state index contributed by atoms with van der Waals surface area (Å²) in [7, 11) is -4.38. The van der Waals surface area contributed by atoms with Gasteiger partial charge in [0.2, 0.25) is 0 Å². The molecule has 0 radical (unpaired) electrons.